The van der Waals surface area contributed by atoms with Crippen LogP contribution in [0, 0.1) is 18.3 Å². The van der Waals surface area contributed by atoms with Crippen LogP contribution in [-0.2, 0) is 4.79 Å². The van der Waals surface area contributed by atoms with Gasteiger partial charge in [-0.05, 0) is 26.0 Å². The molecule has 0 bridgehead atoms. The summed E-state index contributed by atoms with van der Waals surface area (Å²) in [5.74, 6) is 0.366. The van der Waals surface area contributed by atoms with Gasteiger partial charge in [0.15, 0.2) is 0 Å². The van der Waals surface area contributed by atoms with Crippen molar-refractivity contribution in [3.63, 3.8) is 0 Å². The maximum Gasteiger partial charge on any atom is 0.277 e. The molecule has 0 unspecified atom stereocenters. The zero-order chi connectivity index (χ0) is 16.8. The fourth-order valence-corrected chi connectivity index (χ4v) is 2.71. The van der Waals surface area contributed by atoms with Gasteiger partial charge in [0.05, 0.1) is 17.7 Å². The molecule has 0 N–H and O–H groups in total. The summed E-state index contributed by atoms with van der Waals surface area (Å²) in [5, 5.41) is 16.6. The van der Waals surface area contributed by atoms with Gasteiger partial charge < -0.3 is 9.32 Å². The second-order valence-electron chi connectivity index (χ2n) is 5.17. The lowest BCUT2D eigenvalue weighted by molar-refractivity contribution is -0.128. The summed E-state index contributed by atoms with van der Waals surface area (Å²) >= 11 is 1.22. The van der Waals surface area contributed by atoms with Crippen molar-refractivity contribution in [2.24, 2.45) is 0 Å². The first kappa shape index (κ1) is 17.0. The molecule has 1 heterocycles. The van der Waals surface area contributed by atoms with Gasteiger partial charge in [0.2, 0.25) is 11.8 Å². The van der Waals surface area contributed by atoms with Gasteiger partial charge in [0.25, 0.3) is 5.22 Å². The minimum absolute atomic E-state index is 0.0691. The fourth-order valence-electron chi connectivity index (χ4n) is 1.91. The molecule has 1 atom stereocenters. The molecule has 0 aliphatic heterocycles. The molecule has 1 aromatic heterocycles. The molecular formula is C16H18N4O2S. The number of benzene rings is 1. The second kappa shape index (κ2) is 7.79. The van der Waals surface area contributed by atoms with Crippen molar-refractivity contribution >= 4 is 17.7 Å². The average Bonchev–Trinajstić information content (AvgIpc) is 3.00. The van der Waals surface area contributed by atoms with E-state index in [-0.39, 0.29) is 11.2 Å². The van der Waals surface area contributed by atoms with Crippen molar-refractivity contribution in [1.29, 1.82) is 5.26 Å². The summed E-state index contributed by atoms with van der Waals surface area (Å²) in [7, 11) is 1.68. The van der Waals surface area contributed by atoms with Crippen molar-refractivity contribution in [2.45, 2.75) is 30.7 Å². The number of rotatable bonds is 6. The van der Waals surface area contributed by atoms with Crippen LogP contribution >= 0.6 is 11.8 Å². The Morgan fingerprint density at radius 3 is 2.74 bits per heavy atom. The molecule has 120 valence electrons. The van der Waals surface area contributed by atoms with E-state index in [0.29, 0.717) is 24.1 Å². The normalized spacial score (nSPS) is 11.7. The molecule has 1 aromatic carbocycles. The van der Waals surface area contributed by atoms with Gasteiger partial charge in [-0.25, -0.2) is 0 Å². The predicted molar refractivity (Wildman–Crippen MR) is 87.7 cm³/mol. The molecule has 0 aliphatic rings. The highest BCUT2D eigenvalue weighted by Crippen LogP contribution is 2.26. The van der Waals surface area contributed by atoms with Crippen LogP contribution in [0.5, 0.6) is 0 Å². The minimum Gasteiger partial charge on any atom is -0.411 e. The Hall–Kier alpha value is -2.33. The van der Waals surface area contributed by atoms with E-state index in [1.165, 1.54) is 16.7 Å². The van der Waals surface area contributed by atoms with Crippen LogP contribution in [0.2, 0.25) is 0 Å². The summed E-state index contributed by atoms with van der Waals surface area (Å²) in [4.78, 5) is 13.7. The number of carbonyl (C=O) groups is 1. The van der Waals surface area contributed by atoms with Crippen molar-refractivity contribution in [3.8, 4) is 17.5 Å². The van der Waals surface area contributed by atoms with Crippen LogP contribution in [0.3, 0.4) is 0 Å². The van der Waals surface area contributed by atoms with Gasteiger partial charge in [-0.3, -0.25) is 4.79 Å². The van der Waals surface area contributed by atoms with Crippen molar-refractivity contribution < 1.29 is 9.21 Å². The molecule has 0 fully saturated rings. The quantitative estimate of drug-likeness (QED) is 0.757. The highest BCUT2D eigenvalue weighted by molar-refractivity contribution is 8.00. The monoisotopic (exact) mass is 330 g/mol. The molecule has 2 rings (SSSR count). The van der Waals surface area contributed by atoms with E-state index in [0.717, 1.165) is 11.1 Å². The SMILES string of the molecule is Cc1ccc(-c2nnc(S[C@@H](C)C(=O)N(C)CCC#N)o2)cc1. The van der Waals surface area contributed by atoms with Crippen LogP contribution in [-0.4, -0.2) is 39.8 Å². The first-order chi connectivity index (χ1) is 11.0. The molecular weight excluding hydrogens is 312 g/mol. The van der Waals surface area contributed by atoms with E-state index in [2.05, 4.69) is 10.2 Å². The van der Waals surface area contributed by atoms with E-state index in [4.69, 9.17) is 9.68 Å². The van der Waals surface area contributed by atoms with Gasteiger partial charge >= 0.3 is 0 Å². The Balaban J connectivity index is 2.00. The van der Waals surface area contributed by atoms with E-state index < -0.39 is 0 Å². The van der Waals surface area contributed by atoms with Crippen molar-refractivity contribution in [2.75, 3.05) is 13.6 Å². The standard InChI is InChI=1S/C16H18N4O2S/c1-11-5-7-13(8-6-11)14-18-19-16(22-14)23-12(2)15(21)20(3)10-4-9-17/h5-8,12H,4,10H2,1-3H3/t12-/m0/s1. The van der Waals surface area contributed by atoms with Gasteiger partial charge in [0, 0.05) is 19.2 Å². The maximum absolute atomic E-state index is 12.2. The average molecular weight is 330 g/mol. The van der Waals surface area contributed by atoms with Crippen molar-refractivity contribution in [1.82, 2.24) is 15.1 Å². The Morgan fingerprint density at radius 2 is 2.09 bits per heavy atom. The highest BCUT2D eigenvalue weighted by atomic mass is 32.2. The largest absolute Gasteiger partial charge is 0.411 e. The van der Waals surface area contributed by atoms with E-state index in [9.17, 15) is 4.79 Å². The lowest BCUT2D eigenvalue weighted by atomic mass is 10.1. The highest BCUT2D eigenvalue weighted by Gasteiger charge is 2.21. The number of aromatic nitrogens is 2. The third kappa shape index (κ3) is 4.57. The topological polar surface area (TPSA) is 83.0 Å². The lowest BCUT2D eigenvalue weighted by Crippen LogP contribution is -2.33. The smallest absolute Gasteiger partial charge is 0.277 e. The number of carbonyl (C=O) groups excluding carboxylic acids is 1. The molecule has 0 saturated carbocycles. The summed E-state index contributed by atoms with van der Waals surface area (Å²) in [6.07, 6.45) is 0.317. The molecule has 23 heavy (non-hydrogen) atoms. The fraction of sp³-hybridized carbons (Fsp3) is 0.375. The molecule has 7 heteroatoms. The summed E-state index contributed by atoms with van der Waals surface area (Å²) in [5.41, 5.74) is 2.00. The van der Waals surface area contributed by atoms with Crippen LogP contribution in [0.15, 0.2) is 33.9 Å². The molecule has 1 amide bonds. The number of thioether (sulfide) groups is 1. The molecule has 0 radical (unpaired) electrons. The zero-order valence-corrected chi connectivity index (χ0v) is 14.1. The number of aryl methyl sites for hydroxylation is 1. The van der Waals surface area contributed by atoms with Gasteiger partial charge in [-0.1, -0.05) is 29.5 Å². The molecule has 0 saturated heterocycles. The second-order valence-corrected chi connectivity index (χ2v) is 6.46. The van der Waals surface area contributed by atoms with Crippen molar-refractivity contribution in [3.05, 3.63) is 29.8 Å². The Labute approximate surface area is 139 Å². The first-order valence-corrected chi connectivity index (χ1v) is 8.08. The van der Waals surface area contributed by atoms with Gasteiger partial charge in [-0.2, -0.15) is 5.26 Å². The molecule has 0 spiro atoms. The molecule has 0 aliphatic carbocycles. The predicted octanol–water partition coefficient (Wildman–Crippen LogP) is 2.90. The van der Waals surface area contributed by atoms with Gasteiger partial charge in [0.1, 0.15) is 0 Å². The Bertz CT molecular complexity index is 706. The number of hydrogen-bond acceptors (Lipinski definition) is 6. The van der Waals surface area contributed by atoms with Crippen LogP contribution in [0.25, 0.3) is 11.5 Å². The third-order valence-electron chi connectivity index (χ3n) is 3.27. The number of hydrogen-bond donors (Lipinski definition) is 0. The third-order valence-corrected chi connectivity index (χ3v) is 4.19. The summed E-state index contributed by atoms with van der Waals surface area (Å²) in [6.45, 7) is 4.21. The number of nitriles is 1. The van der Waals surface area contributed by atoms with Crippen LogP contribution in [0.1, 0.15) is 18.9 Å². The summed E-state index contributed by atoms with van der Waals surface area (Å²) < 4.78 is 5.61. The molecule has 6 nitrogen and oxygen atoms in total. The first-order valence-electron chi connectivity index (χ1n) is 7.20. The minimum atomic E-state index is -0.356. The van der Waals surface area contributed by atoms with Crippen LogP contribution < -0.4 is 0 Å². The number of nitrogens with zero attached hydrogens (tertiary/aromatic N) is 4. The number of amides is 1. The Morgan fingerprint density at radius 1 is 1.39 bits per heavy atom. The maximum atomic E-state index is 12.2. The van der Waals surface area contributed by atoms with E-state index in [1.807, 2.05) is 37.3 Å². The molecule has 2 aromatic rings. The van der Waals surface area contributed by atoms with Gasteiger partial charge in [-0.15, -0.1) is 10.2 Å². The van der Waals surface area contributed by atoms with E-state index in [1.54, 1.807) is 14.0 Å². The zero-order valence-electron chi connectivity index (χ0n) is 13.3. The Kier molecular flexibility index (Phi) is 5.77. The summed E-state index contributed by atoms with van der Waals surface area (Å²) in [6, 6.07) is 9.81. The van der Waals surface area contributed by atoms with Crippen LogP contribution in [0.4, 0.5) is 0 Å². The van der Waals surface area contributed by atoms with E-state index >= 15 is 0 Å². The lowest BCUT2D eigenvalue weighted by Gasteiger charge is -2.18.